The first-order valence-electron chi connectivity index (χ1n) is 6.48. The van der Waals surface area contributed by atoms with E-state index in [0.717, 1.165) is 0 Å². The lowest BCUT2D eigenvalue weighted by molar-refractivity contribution is 0.175. The molecule has 0 atom stereocenters. The molecule has 0 aliphatic rings. The molecule has 0 fully saturated rings. The third kappa shape index (κ3) is 4.17. The number of benzene rings is 1. The van der Waals surface area contributed by atoms with E-state index in [4.69, 9.17) is 10.6 Å². The normalized spacial score (nSPS) is 12.1. The number of hydrogen-bond acceptors (Lipinski definition) is 5. The van der Waals surface area contributed by atoms with Crippen LogP contribution in [-0.2, 0) is 14.8 Å². The van der Waals surface area contributed by atoms with Crippen LogP contribution in [0.25, 0.3) is 0 Å². The minimum Gasteiger partial charge on any atom is -0.383 e. The smallest absolute Gasteiger partial charge is 0.245 e. The van der Waals surface area contributed by atoms with Crippen molar-refractivity contribution in [3.05, 3.63) is 24.3 Å². The van der Waals surface area contributed by atoms with Gasteiger partial charge >= 0.3 is 0 Å². The van der Waals surface area contributed by atoms with Crippen molar-refractivity contribution in [2.24, 2.45) is 11.8 Å². The van der Waals surface area contributed by atoms with E-state index in [-0.39, 0.29) is 10.8 Å². The molecule has 20 heavy (non-hydrogen) atoms. The number of anilines is 1. The Morgan fingerprint density at radius 1 is 1.35 bits per heavy atom. The summed E-state index contributed by atoms with van der Waals surface area (Å²) in [6.45, 7) is 5.05. The largest absolute Gasteiger partial charge is 0.383 e. The maximum absolute atomic E-state index is 12.7. The molecule has 0 spiro atoms. The van der Waals surface area contributed by atoms with Gasteiger partial charge in [-0.25, -0.2) is 8.42 Å². The SMILES string of the molecule is COCCN(CC(C)C)S(=O)(=O)c1ccccc1NN. The highest BCUT2D eigenvalue weighted by atomic mass is 32.2. The summed E-state index contributed by atoms with van der Waals surface area (Å²) in [5, 5.41) is 0. The lowest BCUT2D eigenvalue weighted by atomic mass is 10.2. The second-order valence-corrected chi connectivity index (χ2v) is 6.80. The maximum atomic E-state index is 12.7. The van der Waals surface area contributed by atoms with Crippen LogP contribution in [0.2, 0.25) is 0 Å². The number of nitrogen functional groups attached to an aromatic ring is 1. The summed E-state index contributed by atoms with van der Waals surface area (Å²) in [7, 11) is -2.05. The van der Waals surface area contributed by atoms with Gasteiger partial charge in [-0.15, -0.1) is 0 Å². The van der Waals surface area contributed by atoms with Gasteiger partial charge < -0.3 is 10.2 Å². The van der Waals surface area contributed by atoms with Crippen molar-refractivity contribution in [3.63, 3.8) is 0 Å². The summed E-state index contributed by atoms with van der Waals surface area (Å²) in [6.07, 6.45) is 0. The molecule has 0 aliphatic heterocycles. The molecular weight excluding hydrogens is 278 g/mol. The number of methoxy groups -OCH3 is 1. The fraction of sp³-hybridized carbons (Fsp3) is 0.538. The van der Waals surface area contributed by atoms with Crippen molar-refractivity contribution in [3.8, 4) is 0 Å². The molecule has 0 saturated carbocycles. The minimum atomic E-state index is -3.60. The predicted molar refractivity (Wildman–Crippen MR) is 79.7 cm³/mol. The van der Waals surface area contributed by atoms with Gasteiger partial charge in [0.2, 0.25) is 10.0 Å². The Hall–Kier alpha value is -1.15. The third-order valence-electron chi connectivity index (χ3n) is 2.77. The number of para-hydroxylation sites is 1. The molecule has 0 radical (unpaired) electrons. The van der Waals surface area contributed by atoms with Crippen LogP contribution in [0, 0.1) is 5.92 Å². The van der Waals surface area contributed by atoms with Gasteiger partial charge in [-0.2, -0.15) is 4.31 Å². The number of nitrogens with zero attached hydrogens (tertiary/aromatic N) is 1. The topological polar surface area (TPSA) is 84.7 Å². The Kier molecular flexibility index (Phi) is 6.41. The molecule has 6 nitrogen and oxygen atoms in total. The summed E-state index contributed by atoms with van der Waals surface area (Å²) in [6, 6.07) is 6.59. The van der Waals surface area contributed by atoms with Crippen LogP contribution in [0.15, 0.2) is 29.2 Å². The average molecular weight is 301 g/mol. The number of hydrogen-bond donors (Lipinski definition) is 2. The van der Waals surface area contributed by atoms with Gasteiger partial charge in [0, 0.05) is 20.2 Å². The van der Waals surface area contributed by atoms with Crippen LogP contribution in [0.4, 0.5) is 5.69 Å². The number of hydrazine groups is 1. The quantitative estimate of drug-likeness (QED) is 0.558. The zero-order valence-electron chi connectivity index (χ0n) is 12.2. The standard InChI is InChI=1S/C13H23N3O3S/c1-11(2)10-16(8-9-19-3)20(17,18)13-7-5-4-6-12(13)15-14/h4-7,11,15H,8-10,14H2,1-3H3. The zero-order chi connectivity index (χ0) is 15.2. The first-order chi connectivity index (χ1) is 9.43. The number of ether oxygens (including phenoxy) is 1. The van der Waals surface area contributed by atoms with Crippen LogP contribution in [-0.4, -0.2) is 39.5 Å². The molecule has 0 aliphatic carbocycles. The summed E-state index contributed by atoms with van der Waals surface area (Å²) in [4.78, 5) is 0.180. The second kappa shape index (κ2) is 7.58. The van der Waals surface area contributed by atoms with Crippen molar-refractivity contribution in [2.45, 2.75) is 18.7 Å². The number of nitrogens with two attached hydrogens (primary N) is 1. The van der Waals surface area contributed by atoms with E-state index in [0.29, 0.717) is 25.4 Å². The van der Waals surface area contributed by atoms with Crippen LogP contribution in [0.5, 0.6) is 0 Å². The molecule has 0 unspecified atom stereocenters. The van der Waals surface area contributed by atoms with Crippen molar-refractivity contribution in [1.29, 1.82) is 0 Å². The van der Waals surface area contributed by atoms with Gasteiger partial charge in [-0.3, -0.25) is 5.84 Å². The fourth-order valence-corrected chi connectivity index (χ4v) is 3.60. The predicted octanol–water partition coefficient (Wildman–Crippen LogP) is 1.27. The van der Waals surface area contributed by atoms with Crippen LogP contribution in [0.1, 0.15) is 13.8 Å². The summed E-state index contributed by atoms with van der Waals surface area (Å²) in [5.74, 6) is 5.61. The van der Waals surface area contributed by atoms with E-state index in [2.05, 4.69) is 5.43 Å². The second-order valence-electron chi connectivity index (χ2n) is 4.89. The molecule has 0 aromatic heterocycles. The Labute approximate surface area is 120 Å². The van der Waals surface area contributed by atoms with Crippen molar-refractivity contribution < 1.29 is 13.2 Å². The zero-order valence-corrected chi connectivity index (χ0v) is 13.0. The lowest BCUT2D eigenvalue weighted by Gasteiger charge is -2.24. The van der Waals surface area contributed by atoms with Crippen molar-refractivity contribution >= 4 is 15.7 Å². The molecule has 0 heterocycles. The average Bonchev–Trinajstić information content (AvgIpc) is 2.42. The highest BCUT2D eigenvalue weighted by Crippen LogP contribution is 2.24. The Bertz CT molecular complexity index is 517. The third-order valence-corrected chi connectivity index (χ3v) is 4.70. The van der Waals surface area contributed by atoms with Crippen molar-refractivity contribution in [1.82, 2.24) is 4.31 Å². The molecule has 0 saturated heterocycles. The van der Waals surface area contributed by atoms with E-state index < -0.39 is 10.0 Å². The fourth-order valence-electron chi connectivity index (χ4n) is 1.86. The van der Waals surface area contributed by atoms with Crippen LogP contribution >= 0.6 is 0 Å². The molecule has 7 heteroatoms. The van der Waals surface area contributed by atoms with Gasteiger partial charge in [0.15, 0.2) is 0 Å². The van der Waals surface area contributed by atoms with Gasteiger partial charge in [0.1, 0.15) is 4.90 Å². The molecule has 114 valence electrons. The summed E-state index contributed by atoms with van der Waals surface area (Å²) in [5.41, 5.74) is 2.82. The maximum Gasteiger partial charge on any atom is 0.245 e. The number of sulfonamides is 1. The van der Waals surface area contributed by atoms with Gasteiger partial charge in [0.25, 0.3) is 0 Å². The Morgan fingerprint density at radius 3 is 2.55 bits per heavy atom. The van der Waals surface area contributed by atoms with E-state index in [1.54, 1.807) is 31.4 Å². The monoisotopic (exact) mass is 301 g/mol. The van der Waals surface area contributed by atoms with Crippen molar-refractivity contribution in [2.75, 3.05) is 32.2 Å². The van der Waals surface area contributed by atoms with Gasteiger partial charge in [-0.1, -0.05) is 26.0 Å². The van der Waals surface area contributed by atoms with Gasteiger partial charge in [-0.05, 0) is 18.1 Å². The Morgan fingerprint density at radius 2 is 2.00 bits per heavy atom. The molecule has 0 bridgehead atoms. The first kappa shape index (κ1) is 16.9. The highest BCUT2D eigenvalue weighted by Gasteiger charge is 2.27. The van der Waals surface area contributed by atoms with Gasteiger partial charge in [0.05, 0.1) is 12.3 Å². The van der Waals surface area contributed by atoms with Crippen LogP contribution < -0.4 is 11.3 Å². The lowest BCUT2D eigenvalue weighted by Crippen LogP contribution is -2.37. The molecule has 1 rings (SSSR count). The van der Waals surface area contributed by atoms with E-state index in [1.165, 1.54) is 4.31 Å². The van der Waals surface area contributed by atoms with E-state index >= 15 is 0 Å². The molecule has 3 N–H and O–H groups in total. The minimum absolute atomic E-state index is 0.180. The Balaban J connectivity index is 3.14. The van der Waals surface area contributed by atoms with E-state index in [9.17, 15) is 8.42 Å². The molecular formula is C13H23N3O3S. The number of nitrogens with one attached hydrogen (secondary N) is 1. The summed E-state index contributed by atoms with van der Waals surface area (Å²) < 4.78 is 31.9. The first-order valence-corrected chi connectivity index (χ1v) is 7.92. The highest BCUT2D eigenvalue weighted by molar-refractivity contribution is 7.89. The van der Waals surface area contributed by atoms with Crippen LogP contribution in [0.3, 0.4) is 0 Å². The number of rotatable bonds is 8. The summed E-state index contributed by atoms with van der Waals surface area (Å²) >= 11 is 0. The molecule has 1 aromatic rings. The molecule has 1 aromatic carbocycles. The molecule has 0 amide bonds. The van der Waals surface area contributed by atoms with E-state index in [1.807, 2.05) is 13.8 Å².